The Kier molecular flexibility index (Phi) is 7.95. The number of imidazole rings is 1. The van der Waals surface area contributed by atoms with Gasteiger partial charge in [-0.25, -0.2) is 9.78 Å². The number of rotatable bonds is 7. The molecule has 0 bridgehead atoms. The average molecular weight is 555 g/mol. The molecule has 0 saturated carbocycles. The number of alkyl halides is 3. The topological polar surface area (TPSA) is 74.1 Å². The van der Waals surface area contributed by atoms with Crippen molar-refractivity contribution in [3.8, 4) is 0 Å². The SMILES string of the molecule is COCCN1CCN(Cc2ccc(NC(=O)Nc3ccc(Br)n4ccnc34)cc2C(F)(F)F)CC1. The summed E-state index contributed by atoms with van der Waals surface area (Å²) in [5.74, 6) is 0. The molecule has 0 unspecified atom stereocenters. The first kappa shape index (κ1) is 25.4. The molecule has 0 atom stereocenters. The lowest BCUT2D eigenvalue weighted by Crippen LogP contribution is -2.46. The molecule has 0 radical (unpaired) electrons. The first-order valence-electron chi connectivity index (χ1n) is 11.1. The molecule has 0 aliphatic carbocycles. The van der Waals surface area contributed by atoms with Crippen LogP contribution in [0.1, 0.15) is 11.1 Å². The number of ether oxygens (including phenoxy) is 1. The van der Waals surface area contributed by atoms with Gasteiger partial charge in [-0.05, 0) is 45.8 Å². The van der Waals surface area contributed by atoms with Gasteiger partial charge in [0.05, 0.1) is 22.5 Å². The molecule has 1 aromatic carbocycles. The smallest absolute Gasteiger partial charge is 0.383 e. The Morgan fingerprint density at radius 3 is 2.57 bits per heavy atom. The molecule has 3 heterocycles. The van der Waals surface area contributed by atoms with E-state index in [0.29, 0.717) is 31.0 Å². The number of pyridine rings is 1. The van der Waals surface area contributed by atoms with Crippen LogP contribution < -0.4 is 10.6 Å². The number of urea groups is 1. The highest BCUT2D eigenvalue weighted by Gasteiger charge is 2.34. The Hall–Kier alpha value is -2.67. The molecule has 2 amide bonds. The number of methoxy groups -OCH3 is 1. The Bertz CT molecular complexity index is 1180. The maximum absolute atomic E-state index is 13.9. The third-order valence-corrected chi connectivity index (χ3v) is 6.54. The largest absolute Gasteiger partial charge is 0.416 e. The van der Waals surface area contributed by atoms with Crippen LogP contribution in [0.5, 0.6) is 0 Å². The number of piperazine rings is 1. The molecule has 1 saturated heterocycles. The number of fused-ring (bicyclic) bond motifs is 1. The van der Waals surface area contributed by atoms with Crippen molar-refractivity contribution < 1.29 is 22.7 Å². The Balaban J connectivity index is 1.43. The van der Waals surface area contributed by atoms with Gasteiger partial charge in [-0.1, -0.05) is 6.07 Å². The second-order valence-corrected chi connectivity index (χ2v) is 9.06. The summed E-state index contributed by atoms with van der Waals surface area (Å²) in [6.07, 6.45) is -1.25. The number of benzene rings is 1. The second-order valence-electron chi connectivity index (χ2n) is 8.25. The third-order valence-electron chi connectivity index (χ3n) is 5.89. The van der Waals surface area contributed by atoms with Gasteiger partial charge >= 0.3 is 12.2 Å². The number of hydrogen-bond acceptors (Lipinski definition) is 5. The normalized spacial score (nSPS) is 15.5. The van der Waals surface area contributed by atoms with Gasteiger partial charge in [-0.3, -0.25) is 14.2 Å². The molecule has 3 aromatic rings. The van der Waals surface area contributed by atoms with Crippen LogP contribution >= 0.6 is 15.9 Å². The van der Waals surface area contributed by atoms with Crippen molar-refractivity contribution in [3.63, 3.8) is 0 Å². The van der Waals surface area contributed by atoms with Crippen LogP contribution in [0, 0.1) is 0 Å². The first-order chi connectivity index (χ1) is 16.7. The summed E-state index contributed by atoms with van der Waals surface area (Å²) in [5, 5.41) is 5.15. The van der Waals surface area contributed by atoms with Gasteiger partial charge in [0, 0.05) is 64.5 Å². The van der Waals surface area contributed by atoms with Crippen molar-refractivity contribution in [1.82, 2.24) is 19.2 Å². The summed E-state index contributed by atoms with van der Waals surface area (Å²) in [6, 6.07) is 6.64. The van der Waals surface area contributed by atoms with E-state index in [1.807, 2.05) is 4.90 Å². The van der Waals surface area contributed by atoms with Gasteiger partial charge in [0.1, 0.15) is 0 Å². The summed E-state index contributed by atoms with van der Waals surface area (Å²) >= 11 is 3.39. The number of halogens is 4. The zero-order valence-corrected chi connectivity index (χ0v) is 20.7. The van der Waals surface area contributed by atoms with Crippen LogP contribution in [0.2, 0.25) is 0 Å². The Morgan fingerprint density at radius 2 is 1.86 bits per heavy atom. The molecule has 188 valence electrons. The average Bonchev–Trinajstić information content (AvgIpc) is 3.32. The zero-order valence-electron chi connectivity index (χ0n) is 19.1. The first-order valence-corrected chi connectivity index (χ1v) is 11.9. The van der Waals surface area contributed by atoms with Crippen LogP contribution in [-0.4, -0.2) is 71.7 Å². The molecule has 0 spiro atoms. The van der Waals surface area contributed by atoms with Crippen LogP contribution in [0.4, 0.5) is 29.3 Å². The minimum Gasteiger partial charge on any atom is -0.383 e. The van der Waals surface area contributed by atoms with Crippen molar-refractivity contribution >= 4 is 39.0 Å². The predicted molar refractivity (Wildman–Crippen MR) is 131 cm³/mol. The molecule has 8 nitrogen and oxygen atoms in total. The van der Waals surface area contributed by atoms with Crippen molar-refractivity contribution in [2.75, 3.05) is 57.1 Å². The van der Waals surface area contributed by atoms with Gasteiger partial charge in [0.25, 0.3) is 0 Å². The monoisotopic (exact) mass is 554 g/mol. The summed E-state index contributed by atoms with van der Waals surface area (Å²) in [4.78, 5) is 21.0. The Morgan fingerprint density at radius 1 is 1.11 bits per heavy atom. The molecule has 1 fully saturated rings. The van der Waals surface area contributed by atoms with Crippen LogP contribution in [-0.2, 0) is 17.5 Å². The number of anilines is 2. The van der Waals surface area contributed by atoms with Crippen molar-refractivity contribution in [2.45, 2.75) is 12.7 Å². The lowest BCUT2D eigenvalue weighted by molar-refractivity contribution is -0.138. The highest BCUT2D eigenvalue weighted by molar-refractivity contribution is 9.10. The summed E-state index contributed by atoms with van der Waals surface area (Å²) in [5.41, 5.74) is 0.410. The van der Waals surface area contributed by atoms with Crippen LogP contribution in [0.25, 0.3) is 5.65 Å². The van der Waals surface area contributed by atoms with Crippen molar-refractivity contribution in [3.05, 3.63) is 58.5 Å². The van der Waals surface area contributed by atoms with Gasteiger partial charge in [-0.15, -0.1) is 0 Å². The number of carbonyl (C=O) groups excluding carboxylic acids is 1. The second kappa shape index (κ2) is 10.9. The standard InChI is InChI=1S/C23H26BrF3N6O2/c1-35-13-12-31-8-10-32(11-9-31)15-16-2-3-17(14-18(16)23(25,26)27)29-22(34)30-19-4-5-20(24)33-7-6-28-21(19)33/h2-7,14H,8-13,15H2,1H3,(H2,29,30,34). The van der Waals surface area contributed by atoms with E-state index in [0.717, 1.165) is 30.3 Å². The van der Waals surface area contributed by atoms with Crippen molar-refractivity contribution in [2.24, 2.45) is 0 Å². The van der Waals surface area contributed by atoms with E-state index in [9.17, 15) is 18.0 Å². The maximum Gasteiger partial charge on any atom is 0.416 e. The lowest BCUT2D eigenvalue weighted by atomic mass is 10.0. The third kappa shape index (κ3) is 6.31. The van der Waals surface area contributed by atoms with Gasteiger partial charge in [0.2, 0.25) is 0 Å². The van der Waals surface area contributed by atoms with Crippen LogP contribution in [0.15, 0.2) is 47.3 Å². The summed E-state index contributed by atoms with van der Waals surface area (Å²) in [6.45, 7) is 4.56. The Labute approximate surface area is 209 Å². The number of carbonyl (C=O) groups is 1. The number of hydrogen-bond donors (Lipinski definition) is 2. The molecule has 2 aromatic heterocycles. The predicted octanol–water partition coefficient (Wildman–Crippen LogP) is 4.52. The fourth-order valence-corrected chi connectivity index (χ4v) is 4.47. The lowest BCUT2D eigenvalue weighted by Gasteiger charge is -2.35. The maximum atomic E-state index is 13.9. The van der Waals surface area contributed by atoms with E-state index in [-0.39, 0.29) is 17.8 Å². The minimum atomic E-state index is -4.54. The number of nitrogens with one attached hydrogen (secondary N) is 2. The molecule has 12 heteroatoms. The quantitative estimate of drug-likeness (QED) is 0.420. The van der Waals surface area contributed by atoms with E-state index >= 15 is 0 Å². The van der Waals surface area contributed by atoms with E-state index in [4.69, 9.17) is 4.74 Å². The van der Waals surface area contributed by atoms with Crippen molar-refractivity contribution in [1.29, 1.82) is 0 Å². The number of amides is 2. The van der Waals surface area contributed by atoms with Crippen LogP contribution in [0.3, 0.4) is 0 Å². The van der Waals surface area contributed by atoms with Gasteiger partial charge < -0.3 is 15.4 Å². The molecule has 35 heavy (non-hydrogen) atoms. The number of aromatic nitrogens is 2. The fourth-order valence-electron chi connectivity index (χ4n) is 4.05. The molecule has 4 rings (SSSR count). The van der Waals surface area contributed by atoms with E-state index in [1.165, 1.54) is 12.1 Å². The van der Waals surface area contributed by atoms with E-state index in [1.54, 1.807) is 36.0 Å². The molecular formula is C23H26BrF3N6O2. The summed E-state index contributed by atoms with van der Waals surface area (Å²) < 4.78 is 49.1. The molecule has 1 aliphatic heterocycles. The number of nitrogens with zero attached hydrogens (tertiary/aromatic N) is 4. The molecule has 2 N–H and O–H groups in total. The zero-order chi connectivity index (χ0) is 25.0. The van der Waals surface area contributed by atoms with Gasteiger partial charge in [0.15, 0.2) is 5.65 Å². The minimum absolute atomic E-state index is 0.0550. The molecule has 1 aliphatic rings. The summed E-state index contributed by atoms with van der Waals surface area (Å²) in [7, 11) is 1.65. The fraction of sp³-hybridized carbons (Fsp3) is 0.391. The van der Waals surface area contributed by atoms with Gasteiger partial charge in [-0.2, -0.15) is 13.2 Å². The van der Waals surface area contributed by atoms with E-state index in [2.05, 4.69) is 36.4 Å². The highest BCUT2D eigenvalue weighted by atomic mass is 79.9. The van der Waals surface area contributed by atoms with E-state index < -0.39 is 17.8 Å². The molecular weight excluding hydrogens is 529 g/mol. The highest BCUT2D eigenvalue weighted by Crippen LogP contribution is 2.34.